The van der Waals surface area contributed by atoms with Crippen LogP contribution in [0.15, 0.2) is 24.3 Å². The van der Waals surface area contributed by atoms with Crippen molar-refractivity contribution in [2.24, 2.45) is 5.92 Å². The van der Waals surface area contributed by atoms with E-state index in [4.69, 9.17) is 4.74 Å². The highest BCUT2D eigenvalue weighted by atomic mass is 16.5. The van der Waals surface area contributed by atoms with E-state index in [1.807, 2.05) is 31.2 Å². The molecule has 0 saturated heterocycles. The Morgan fingerprint density at radius 2 is 2.31 bits per heavy atom. The minimum atomic E-state index is -0.726. The van der Waals surface area contributed by atoms with Gasteiger partial charge in [0, 0.05) is 0 Å². The van der Waals surface area contributed by atoms with Crippen LogP contribution in [0.25, 0.3) is 0 Å². The van der Waals surface area contributed by atoms with Gasteiger partial charge in [-0.3, -0.25) is 4.79 Å². The number of carbonyl (C=O) groups is 1. The number of carboxylic acids is 1. The number of benzene rings is 1. The first kappa shape index (κ1) is 11.0. The fraction of sp³-hybridized carbons (Fsp3) is 0.462. The van der Waals surface area contributed by atoms with E-state index in [0.29, 0.717) is 12.5 Å². The monoisotopic (exact) mass is 220 g/mol. The van der Waals surface area contributed by atoms with E-state index in [-0.39, 0.29) is 5.92 Å². The minimum Gasteiger partial charge on any atom is -0.494 e. The molecule has 0 spiro atoms. The summed E-state index contributed by atoms with van der Waals surface area (Å²) in [5.41, 5.74) is 0.862. The zero-order chi connectivity index (χ0) is 11.5. The molecule has 0 radical (unpaired) electrons. The van der Waals surface area contributed by atoms with Crippen molar-refractivity contribution in [3.05, 3.63) is 29.8 Å². The van der Waals surface area contributed by atoms with Crippen LogP contribution in [-0.4, -0.2) is 17.7 Å². The van der Waals surface area contributed by atoms with Crippen molar-refractivity contribution in [1.82, 2.24) is 0 Å². The van der Waals surface area contributed by atoms with Gasteiger partial charge in [0.05, 0.1) is 12.5 Å². The predicted molar refractivity (Wildman–Crippen MR) is 60.7 cm³/mol. The highest BCUT2D eigenvalue weighted by Gasteiger charge is 2.37. The maximum absolute atomic E-state index is 11.2. The summed E-state index contributed by atoms with van der Waals surface area (Å²) >= 11 is 0. The lowest BCUT2D eigenvalue weighted by atomic mass is 9.94. The highest BCUT2D eigenvalue weighted by molar-refractivity contribution is 5.77. The smallest absolute Gasteiger partial charge is 0.311 e. The van der Waals surface area contributed by atoms with Crippen LogP contribution >= 0.6 is 0 Å². The summed E-state index contributed by atoms with van der Waals surface area (Å²) in [5.74, 6) is -0.0159. The van der Waals surface area contributed by atoms with Crippen molar-refractivity contribution in [2.75, 3.05) is 6.61 Å². The maximum Gasteiger partial charge on any atom is 0.311 e. The van der Waals surface area contributed by atoms with Crippen molar-refractivity contribution in [1.29, 1.82) is 0 Å². The number of ether oxygens (including phenoxy) is 1. The van der Waals surface area contributed by atoms with Crippen LogP contribution in [0.4, 0.5) is 0 Å². The van der Waals surface area contributed by atoms with Crippen LogP contribution in [0.5, 0.6) is 5.75 Å². The topological polar surface area (TPSA) is 46.5 Å². The molecule has 16 heavy (non-hydrogen) atoms. The first-order valence-electron chi connectivity index (χ1n) is 5.68. The van der Waals surface area contributed by atoms with Crippen LogP contribution in [-0.2, 0) is 4.79 Å². The van der Waals surface area contributed by atoms with E-state index in [1.54, 1.807) is 0 Å². The molecule has 0 bridgehead atoms. The summed E-state index contributed by atoms with van der Waals surface area (Å²) in [7, 11) is 0. The average molecular weight is 220 g/mol. The zero-order valence-electron chi connectivity index (χ0n) is 9.35. The summed E-state index contributed by atoms with van der Waals surface area (Å²) in [6.07, 6.45) is 2.05. The molecular formula is C13H16O3. The zero-order valence-corrected chi connectivity index (χ0v) is 9.35. The third-order valence-electron chi connectivity index (χ3n) is 2.89. The summed E-state index contributed by atoms with van der Waals surface area (Å²) < 4.78 is 5.38. The van der Waals surface area contributed by atoms with Gasteiger partial charge in [-0.2, -0.15) is 0 Å². The molecule has 86 valence electrons. The molecule has 1 saturated carbocycles. The predicted octanol–water partition coefficient (Wildman–Crippen LogP) is 2.66. The second-order valence-electron chi connectivity index (χ2n) is 4.16. The normalized spacial score (nSPS) is 16.8. The second-order valence-corrected chi connectivity index (χ2v) is 4.16. The standard InChI is InChI=1S/C13H16O3/c1-2-16-11-5-3-4-10(8-11)12(13(14)15)9-6-7-9/h3-5,8-9,12H,2,6-7H2,1H3,(H,14,15). The van der Waals surface area contributed by atoms with Gasteiger partial charge >= 0.3 is 5.97 Å². The van der Waals surface area contributed by atoms with Gasteiger partial charge in [-0.15, -0.1) is 0 Å². The lowest BCUT2D eigenvalue weighted by Crippen LogP contribution is -2.13. The van der Waals surface area contributed by atoms with Gasteiger partial charge < -0.3 is 9.84 Å². The van der Waals surface area contributed by atoms with E-state index in [0.717, 1.165) is 24.2 Å². The van der Waals surface area contributed by atoms with Gasteiger partial charge in [-0.1, -0.05) is 12.1 Å². The van der Waals surface area contributed by atoms with Crippen LogP contribution in [0.2, 0.25) is 0 Å². The SMILES string of the molecule is CCOc1cccc(C(C(=O)O)C2CC2)c1. The van der Waals surface area contributed by atoms with Gasteiger partial charge in [0.1, 0.15) is 5.75 Å². The van der Waals surface area contributed by atoms with E-state index >= 15 is 0 Å². The Labute approximate surface area is 95.0 Å². The van der Waals surface area contributed by atoms with Gasteiger partial charge in [0.15, 0.2) is 0 Å². The lowest BCUT2D eigenvalue weighted by molar-refractivity contribution is -0.139. The van der Waals surface area contributed by atoms with E-state index in [1.165, 1.54) is 0 Å². The number of aliphatic carboxylic acids is 1. The van der Waals surface area contributed by atoms with Gasteiger partial charge in [-0.05, 0) is 43.4 Å². The molecular weight excluding hydrogens is 204 g/mol. The third kappa shape index (κ3) is 2.35. The van der Waals surface area contributed by atoms with Crippen molar-refractivity contribution in [3.63, 3.8) is 0 Å². The van der Waals surface area contributed by atoms with Crippen LogP contribution in [0.3, 0.4) is 0 Å². The third-order valence-corrected chi connectivity index (χ3v) is 2.89. The summed E-state index contributed by atoms with van der Waals surface area (Å²) in [4.78, 5) is 11.2. The largest absolute Gasteiger partial charge is 0.494 e. The van der Waals surface area contributed by atoms with E-state index in [2.05, 4.69) is 0 Å². The molecule has 1 atom stereocenters. The van der Waals surface area contributed by atoms with E-state index in [9.17, 15) is 9.90 Å². The number of rotatable bonds is 5. The van der Waals surface area contributed by atoms with Crippen molar-refractivity contribution < 1.29 is 14.6 Å². The lowest BCUT2D eigenvalue weighted by Gasteiger charge is -2.12. The van der Waals surface area contributed by atoms with Crippen molar-refractivity contribution in [2.45, 2.75) is 25.7 Å². The van der Waals surface area contributed by atoms with Gasteiger partial charge in [-0.25, -0.2) is 0 Å². The number of hydrogen-bond acceptors (Lipinski definition) is 2. The minimum absolute atomic E-state index is 0.314. The van der Waals surface area contributed by atoms with Crippen molar-refractivity contribution in [3.8, 4) is 5.75 Å². The quantitative estimate of drug-likeness (QED) is 0.829. The summed E-state index contributed by atoms with van der Waals surface area (Å²) in [6.45, 7) is 2.52. The molecule has 0 aromatic heterocycles. The Balaban J connectivity index is 2.23. The first-order valence-corrected chi connectivity index (χ1v) is 5.68. The van der Waals surface area contributed by atoms with Crippen LogP contribution < -0.4 is 4.74 Å². The highest BCUT2D eigenvalue weighted by Crippen LogP contribution is 2.43. The Morgan fingerprint density at radius 3 is 2.88 bits per heavy atom. The fourth-order valence-corrected chi connectivity index (χ4v) is 2.01. The molecule has 0 aliphatic heterocycles. The Hall–Kier alpha value is -1.51. The maximum atomic E-state index is 11.2. The molecule has 1 N–H and O–H groups in total. The molecule has 1 unspecified atom stereocenters. The van der Waals surface area contributed by atoms with Gasteiger partial charge in [0.2, 0.25) is 0 Å². The molecule has 1 fully saturated rings. The number of carboxylic acid groups (broad SMARTS) is 1. The Bertz CT molecular complexity index is 383. The number of hydrogen-bond donors (Lipinski definition) is 1. The van der Waals surface area contributed by atoms with Crippen LogP contribution in [0.1, 0.15) is 31.2 Å². The fourth-order valence-electron chi connectivity index (χ4n) is 2.01. The Morgan fingerprint density at radius 1 is 1.56 bits per heavy atom. The summed E-state index contributed by atoms with van der Waals surface area (Å²) in [5, 5.41) is 9.22. The molecule has 1 aromatic carbocycles. The second kappa shape index (κ2) is 4.56. The molecule has 0 heterocycles. The van der Waals surface area contributed by atoms with Gasteiger partial charge in [0.25, 0.3) is 0 Å². The molecule has 1 aromatic rings. The molecule has 1 aliphatic carbocycles. The molecule has 1 aliphatic rings. The van der Waals surface area contributed by atoms with Crippen molar-refractivity contribution >= 4 is 5.97 Å². The molecule has 2 rings (SSSR count). The average Bonchev–Trinajstić information content (AvgIpc) is 3.03. The van der Waals surface area contributed by atoms with E-state index < -0.39 is 5.97 Å². The first-order chi connectivity index (χ1) is 7.72. The Kier molecular flexibility index (Phi) is 3.13. The van der Waals surface area contributed by atoms with Crippen LogP contribution in [0, 0.1) is 5.92 Å². The molecule has 3 heteroatoms. The molecule has 0 amide bonds. The molecule has 3 nitrogen and oxygen atoms in total. The summed E-state index contributed by atoms with van der Waals surface area (Å²) in [6, 6.07) is 7.44.